The van der Waals surface area contributed by atoms with Crippen LogP contribution in [0, 0.1) is 5.41 Å². The summed E-state index contributed by atoms with van der Waals surface area (Å²) in [6.45, 7) is 1.80. The van der Waals surface area contributed by atoms with Gasteiger partial charge in [-0.15, -0.1) is 0 Å². The molecular weight excluding hydrogens is 167 g/mol. The molecule has 0 saturated heterocycles. The Hall–Kier alpha value is -0.250. The predicted molar refractivity (Wildman–Crippen MR) is 40.6 cm³/mol. The highest BCUT2D eigenvalue weighted by atomic mass is 19.4. The summed E-state index contributed by atoms with van der Waals surface area (Å²) in [5.41, 5.74) is 5.41. The Morgan fingerprint density at radius 3 is 2.17 bits per heavy atom. The first-order valence-corrected chi connectivity index (χ1v) is 4.18. The number of hydrogen-bond acceptors (Lipinski definition) is 1. The third-order valence-corrected chi connectivity index (χ3v) is 2.76. The first-order valence-electron chi connectivity index (χ1n) is 4.18. The van der Waals surface area contributed by atoms with Gasteiger partial charge in [0.2, 0.25) is 0 Å². The Morgan fingerprint density at radius 2 is 1.92 bits per heavy atom. The minimum absolute atomic E-state index is 0.0974. The van der Waals surface area contributed by atoms with E-state index in [-0.39, 0.29) is 17.9 Å². The van der Waals surface area contributed by atoms with E-state index in [1.54, 1.807) is 6.92 Å². The smallest absolute Gasteiger partial charge is 0.327 e. The Kier molecular flexibility index (Phi) is 2.38. The molecule has 1 aliphatic carbocycles. The van der Waals surface area contributed by atoms with Crippen molar-refractivity contribution in [2.75, 3.05) is 0 Å². The largest absolute Gasteiger partial charge is 0.389 e. The average Bonchev–Trinajstić information content (AvgIpc) is 2.61. The molecule has 72 valence electrons. The van der Waals surface area contributed by atoms with Gasteiger partial charge in [0.05, 0.1) is 0 Å². The summed E-state index contributed by atoms with van der Waals surface area (Å²) in [6, 6.07) is -0.0974. The van der Waals surface area contributed by atoms with E-state index in [0.717, 1.165) is 12.8 Å². The van der Waals surface area contributed by atoms with Crippen LogP contribution in [0.3, 0.4) is 0 Å². The van der Waals surface area contributed by atoms with Crippen LogP contribution >= 0.6 is 0 Å². The molecule has 0 aliphatic heterocycles. The molecule has 1 rings (SSSR count). The van der Waals surface area contributed by atoms with Crippen LogP contribution in [0.25, 0.3) is 0 Å². The van der Waals surface area contributed by atoms with Crippen LogP contribution in [0.15, 0.2) is 0 Å². The fourth-order valence-electron chi connectivity index (χ4n) is 1.48. The molecule has 0 aromatic rings. The molecule has 1 nitrogen and oxygen atoms in total. The van der Waals surface area contributed by atoms with Gasteiger partial charge >= 0.3 is 6.18 Å². The number of hydrogen-bond donors (Lipinski definition) is 1. The van der Waals surface area contributed by atoms with Crippen LogP contribution in [-0.2, 0) is 0 Å². The zero-order valence-corrected chi connectivity index (χ0v) is 7.12. The van der Waals surface area contributed by atoms with Crippen molar-refractivity contribution in [3.63, 3.8) is 0 Å². The summed E-state index contributed by atoms with van der Waals surface area (Å²) in [5, 5.41) is 0. The molecule has 4 heteroatoms. The first-order chi connectivity index (χ1) is 5.36. The Labute approximate surface area is 70.1 Å². The molecule has 0 aromatic heterocycles. The Bertz CT molecular complexity index is 158. The minimum atomic E-state index is -4.02. The summed E-state index contributed by atoms with van der Waals surface area (Å²) in [5.74, 6) is 0. The maximum atomic E-state index is 11.8. The molecule has 0 bridgehead atoms. The van der Waals surface area contributed by atoms with Crippen molar-refractivity contribution in [3.8, 4) is 0 Å². The number of nitrogens with two attached hydrogens (primary N) is 1. The lowest BCUT2D eigenvalue weighted by Crippen LogP contribution is -2.29. The highest BCUT2D eigenvalue weighted by Gasteiger charge is 2.47. The van der Waals surface area contributed by atoms with Gasteiger partial charge in [-0.05, 0) is 31.6 Å². The molecule has 0 aromatic carbocycles. The van der Waals surface area contributed by atoms with Crippen LogP contribution in [0.5, 0.6) is 0 Å². The predicted octanol–water partition coefficient (Wildman–Crippen LogP) is 2.46. The van der Waals surface area contributed by atoms with E-state index in [0.29, 0.717) is 0 Å². The zero-order valence-electron chi connectivity index (χ0n) is 7.12. The van der Waals surface area contributed by atoms with Gasteiger partial charge in [-0.25, -0.2) is 0 Å². The normalized spacial score (nSPS) is 23.8. The van der Waals surface area contributed by atoms with Crippen LogP contribution in [0.4, 0.5) is 13.2 Å². The molecule has 0 heterocycles. The lowest BCUT2D eigenvalue weighted by atomic mass is 9.93. The summed E-state index contributed by atoms with van der Waals surface area (Å²) in [4.78, 5) is 0. The molecule has 1 atom stereocenters. The van der Waals surface area contributed by atoms with Crippen LogP contribution in [0.2, 0.25) is 0 Å². The highest BCUT2D eigenvalue weighted by molar-refractivity contribution is 4.99. The second-order valence-electron chi connectivity index (χ2n) is 3.77. The first kappa shape index (κ1) is 9.84. The van der Waals surface area contributed by atoms with Gasteiger partial charge in [0.25, 0.3) is 0 Å². The van der Waals surface area contributed by atoms with Gasteiger partial charge in [-0.2, -0.15) is 13.2 Å². The van der Waals surface area contributed by atoms with Crippen LogP contribution in [0.1, 0.15) is 32.6 Å². The van der Waals surface area contributed by atoms with Crippen molar-refractivity contribution in [2.45, 2.75) is 44.8 Å². The third kappa shape index (κ3) is 2.37. The van der Waals surface area contributed by atoms with Crippen molar-refractivity contribution < 1.29 is 13.2 Å². The van der Waals surface area contributed by atoms with E-state index < -0.39 is 12.6 Å². The molecule has 1 unspecified atom stereocenters. The molecule has 0 radical (unpaired) electrons. The zero-order chi connectivity index (χ0) is 9.41. The SMILES string of the molecule is CC(N)C1(CCC(F)(F)F)CC1. The van der Waals surface area contributed by atoms with Crippen molar-refractivity contribution in [2.24, 2.45) is 11.1 Å². The fraction of sp³-hybridized carbons (Fsp3) is 1.00. The van der Waals surface area contributed by atoms with E-state index in [9.17, 15) is 13.2 Å². The van der Waals surface area contributed by atoms with Crippen molar-refractivity contribution in [3.05, 3.63) is 0 Å². The van der Waals surface area contributed by atoms with Crippen molar-refractivity contribution >= 4 is 0 Å². The molecule has 0 amide bonds. The molecule has 1 fully saturated rings. The Morgan fingerprint density at radius 1 is 1.42 bits per heavy atom. The van der Waals surface area contributed by atoms with Gasteiger partial charge in [-0.1, -0.05) is 0 Å². The lowest BCUT2D eigenvalue weighted by Gasteiger charge is -2.19. The van der Waals surface area contributed by atoms with Gasteiger partial charge in [-0.3, -0.25) is 0 Å². The second kappa shape index (κ2) is 2.91. The highest BCUT2D eigenvalue weighted by Crippen LogP contribution is 2.52. The third-order valence-electron chi connectivity index (χ3n) is 2.76. The van der Waals surface area contributed by atoms with Crippen molar-refractivity contribution in [1.82, 2.24) is 0 Å². The summed E-state index contributed by atoms with van der Waals surface area (Å²) < 4.78 is 35.5. The van der Waals surface area contributed by atoms with Gasteiger partial charge < -0.3 is 5.73 Å². The maximum absolute atomic E-state index is 11.8. The van der Waals surface area contributed by atoms with Crippen molar-refractivity contribution in [1.29, 1.82) is 0 Å². The molecule has 2 N–H and O–H groups in total. The number of halogens is 3. The molecule has 12 heavy (non-hydrogen) atoms. The second-order valence-corrected chi connectivity index (χ2v) is 3.77. The molecule has 1 aliphatic rings. The van der Waals surface area contributed by atoms with Gasteiger partial charge in [0.15, 0.2) is 0 Å². The van der Waals surface area contributed by atoms with E-state index in [1.807, 2.05) is 0 Å². The molecule has 0 spiro atoms. The van der Waals surface area contributed by atoms with Crippen LogP contribution < -0.4 is 5.73 Å². The van der Waals surface area contributed by atoms with E-state index >= 15 is 0 Å². The van der Waals surface area contributed by atoms with Crippen LogP contribution in [-0.4, -0.2) is 12.2 Å². The summed E-state index contributed by atoms with van der Waals surface area (Å²) in [7, 11) is 0. The summed E-state index contributed by atoms with van der Waals surface area (Å²) in [6.07, 6.45) is -2.78. The maximum Gasteiger partial charge on any atom is 0.389 e. The van der Waals surface area contributed by atoms with E-state index in [2.05, 4.69) is 0 Å². The van der Waals surface area contributed by atoms with E-state index in [4.69, 9.17) is 5.73 Å². The standard InChI is InChI=1S/C8H14F3N/c1-6(12)7(2-3-7)4-5-8(9,10)11/h6H,2-5,12H2,1H3. The van der Waals surface area contributed by atoms with E-state index in [1.165, 1.54) is 0 Å². The Balaban J connectivity index is 2.32. The number of rotatable bonds is 3. The lowest BCUT2D eigenvalue weighted by molar-refractivity contribution is -0.138. The molecule has 1 saturated carbocycles. The quantitative estimate of drug-likeness (QED) is 0.711. The van der Waals surface area contributed by atoms with Gasteiger partial charge in [0, 0.05) is 12.5 Å². The van der Waals surface area contributed by atoms with Gasteiger partial charge in [0.1, 0.15) is 0 Å². The topological polar surface area (TPSA) is 26.0 Å². The average molecular weight is 181 g/mol. The summed E-state index contributed by atoms with van der Waals surface area (Å²) >= 11 is 0. The molecular formula is C8H14F3N. The monoisotopic (exact) mass is 181 g/mol. The number of alkyl halides is 3. The fourth-order valence-corrected chi connectivity index (χ4v) is 1.48. The minimum Gasteiger partial charge on any atom is -0.327 e.